The predicted octanol–water partition coefficient (Wildman–Crippen LogP) is 8.26. The van der Waals surface area contributed by atoms with Crippen LogP contribution >= 0.6 is 0 Å². The van der Waals surface area contributed by atoms with E-state index >= 15 is 0 Å². The SMILES string of the molecule is C=C(C)[C@@H]1CC[C@]2(NCCN3CCS(=O)(=O)CC3)CC[C@]3(C)C(CCC4[C@@]5(C)CC=C(C6=CC[C@](C#COc7ccncn7)(C(=O)O)CC6)C(C)(C)C5CC[C@]43C)C12. The molecule has 1 aliphatic heterocycles. The van der Waals surface area contributed by atoms with Crippen molar-refractivity contribution in [2.24, 2.45) is 56.7 Å². The lowest BCUT2D eigenvalue weighted by Gasteiger charge is -2.72. The van der Waals surface area contributed by atoms with E-state index < -0.39 is 21.2 Å². The molecule has 2 heterocycles. The van der Waals surface area contributed by atoms with Crippen LogP contribution in [0.1, 0.15) is 119 Å². The molecule has 0 aromatic carbocycles. The van der Waals surface area contributed by atoms with Crippen molar-refractivity contribution < 1.29 is 23.1 Å². The Hall–Kier alpha value is -3.00. The van der Waals surface area contributed by atoms with Crippen molar-refractivity contribution in [3.63, 3.8) is 0 Å². The van der Waals surface area contributed by atoms with Crippen molar-refractivity contribution in [3.8, 4) is 17.9 Å². The molecule has 0 spiro atoms. The van der Waals surface area contributed by atoms with E-state index in [-0.39, 0.29) is 38.7 Å². The number of hydrogen-bond donors (Lipinski definition) is 2. The summed E-state index contributed by atoms with van der Waals surface area (Å²) in [5.41, 5.74) is 3.70. The standard InChI is InChI=1S/C48H68N4O5S/c1-33(2)35-12-20-48(51-25-26-52-27-30-58(55,56)31-28-52)22-21-45(6)37(41(35)48)8-9-39-44(5)16-13-36(43(3,4)38(44)14-17-46(39,45)7)34-10-18-47(19-11-34,42(53)54)23-29-57-40-15-24-49-32-50-40/h10,13,15,24,32,35,37-39,41,51H,1,8-9,11-12,14,16-22,25-28,30-31H2,2-7H3,(H,53,54)/t35-,37?,38?,39?,41?,44-,45+,46+,47-,48-/m0/s1. The van der Waals surface area contributed by atoms with Gasteiger partial charge in [0.2, 0.25) is 5.88 Å². The number of carboxylic acid groups (broad SMARTS) is 1. The Labute approximate surface area is 348 Å². The number of carboxylic acids is 1. The fourth-order valence-electron chi connectivity index (χ4n) is 15.0. The predicted molar refractivity (Wildman–Crippen MR) is 228 cm³/mol. The molecule has 1 aromatic heterocycles. The zero-order valence-electron chi connectivity index (χ0n) is 36.0. The molecule has 4 saturated carbocycles. The lowest BCUT2D eigenvalue weighted by Crippen LogP contribution is -2.68. The summed E-state index contributed by atoms with van der Waals surface area (Å²) in [6, 6.07) is 1.61. The Morgan fingerprint density at radius 1 is 0.983 bits per heavy atom. The lowest BCUT2D eigenvalue weighted by atomic mass is 9.33. The van der Waals surface area contributed by atoms with Gasteiger partial charge < -0.3 is 20.1 Å². The van der Waals surface area contributed by atoms with Gasteiger partial charge in [0.1, 0.15) is 17.8 Å². The fraction of sp³-hybridized carbons (Fsp3) is 0.729. The number of hydrogen-bond acceptors (Lipinski definition) is 8. The molecule has 1 aromatic rings. The second-order valence-electron chi connectivity index (χ2n) is 21.0. The van der Waals surface area contributed by atoms with E-state index in [1.54, 1.807) is 12.3 Å². The Kier molecular flexibility index (Phi) is 10.7. The molecule has 5 fully saturated rings. The monoisotopic (exact) mass is 812 g/mol. The topological polar surface area (TPSA) is 122 Å². The third kappa shape index (κ3) is 6.72. The van der Waals surface area contributed by atoms with Gasteiger partial charge in [-0.2, -0.15) is 0 Å². The molecule has 4 unspecified atom stereocenters. The van der Waals surface area contributed by atoms with Crippen molar-refractivity contribution in [2.75, 3.05) is 37.7 Å². The highest BCUT2D eigenvalue weighted by molar-refractivity contribution is 7.91. The quantitative estimate of drug-likeness (QED) is 0.198. The van der Waals surface area contributed by atoms with Gasteiger partial charge in [0.15, 0.2) is 9.84 Å². The highest BCUT2D eigenvalue weighted by atomic mass is 32.2. The Bertz CT molecular complexity index is 2020. The zero-order valence-corrected chi connectivity index (χ0v) is 36.9. The number of fused-ring (bicyclic) bond motifs is 7. The van der Waals surface area contributed by atoms with Crippen LogP contribution in [0.2, 0.25) is 0 Å². The maximum absolute atomic E-state index is 12.6. The summed E-state index contributed by atoms with van der Waals surface area (Å²) in [7, 11) is -2.88. The van der Waals surface area contributed by atoms with Gasteiger partial charge in [0.25, 0.3) is 0 Å². The molecule has 316 valence electrons. The summed E-state index contributed by atoms with van der Waals surface area (Å²) in [5.74, 6) is 5.93. The van der Waals surface area contributed by atoms with E-state index in [1.165, 1.54) is 74.4 Å². The smallest absolute Gasteiger partial charge is 0.322 e. The molecule has 0 radical (unpaired) electrons. The summed E-state index contributed by atoms with van der Waals surface area (Å²) in [6.07, 6.45) is 22.9. The largest absolute Gasteiger partial charge is 0.480 e. The van der Waals surface area contributed by atoms with Gasteiger partial charge in [0, 0.05) is 44.0 Å². The van der Waals surface area contributed by atoms with Gasteiger partial charge in [-0.25, -0.2) is 18.4 Å². The fourth-order valence-corrected chi connectivity index (χ4v) is 16.3. The molecular formula is C48H68N4O5S. The number of nitrogens with one attached hydrogen (secondary N) is 1. The number of ether oxygens (including phenoxy) is 1. The van der Waals surface area contributed by atoms with Crippen molar-refractivity contribution in [1.82, 2.24) is 20.2 Å². The Balaban J connectivity index is 1.01. The minimum atomic E-state index is -2.88. The van der Waals surface area contributed by atoms with E-state index in [4.69, 9.17) is 4.74 Å². The first-order valence-electron chi connectivity index (χ1n) is 22.3. The van der Waals surface area contributed by atoms with Crippen LogP contribution in [0.15, 0.2) is 54.0 Å². The highest BCUT2D eigenvalue weighted by Gasteiger charge is 2.70. The van der Waals surface area contributed by atoms with Crippen molar-refractivity contribution in [2.45, 2.75) is 124 Å². The van der Waals surface area contributed by atoms with Crippen molar-refractivity contribution in [1.29, 1.82) is 0 Å². The average molecular weight is 813 g/mol. The van der Waals surface area contributed by atoms with Crippen molar-refractivity contribution >= 4 is 15.8 Å². The molecule has 0 amide bonds. The molecule has 58 heavy (non-hydrogen) atoms. The number of aromatic nitrogens is 2. The van der Waals surface area contributed by atoms with Gasteiger partial charge in [-0.3, -0.25) is 4.79 Å². The van der Waals surface area contributed by atoms with Crippen LogP contribution < -0.4 is 10.1 Å². The van der Waals surface area contributed by atoms with Gasteiger partial charge in [-0.15, -0.1) is 0 Å². The molecule has 0 bridgehead atoms. The Morgan fingerprint density at radius 2 is 1.76 bits per heavy atom. The molecule has 8 rings (SSSR count). The molecule has 9 nitrogen and oxygen atoms in total. The second-order valence-corrected chi connectivity index (χ2v) is 23.3. The van der Waals surface area contributed by atoms with Crippen LogP contribution in [0, 0.1) is 68.7 Å². The highest BCUT2D eigenvalue weighted by Crippen LogP contribution is 2.76. The average Bonchev–Trinajstić information content (AvgIpc) is 3.56. The summed E-state index contributed by atoms with van der Waals surface area (Å²) in [4.78, 5) is 22.9. The van der Waals surface area contributed by atoms with E-state index in [0.717, 1.165) is 19.5 Å². The number of carbonyl (C=O) groups is 1. The Morgan fingerprint density at radius 3 is 2.43 bits per heavy atom. The third-order valence-electron chi connectivity index (χ3n) is 18.3. The minimum absolute atomic E-state index is 0.0242. The van der Waals surface area contributed by atoms with Crippen LogP contribution in [0.5, 0.6) is 5.88 Å². The number of sulfone groups is 1. The first-order valence-corrected chi connectivity index (χ1v) is 24.1. The number of allylic oxidation sites excluding steroid dienone is 5. The third-order valence-corrected chi connectivity index (χ3v) is 19.9. The molecule has 1 saturated heterocycles. The summed E-state index contributed by atoms with van der Waals surface area (Å²) in [6.45, 7) is 23.0. The van der Waals surface area contributed by atoms with Crippen LogP contribution in [-0.2, 0) is 14.6 Å². The van der Waals surface area contributed by atoms with Crippen LogP contribution in [0.4, 0.5) is 0 Å². The summed E-state index contributed by atoms with van der Waals surface area (Å²) >= 11 is 0. The zero-order chi connectivity index (χ0) is 41.4. The number of rotatable bonds is 8. The van der Waals surface area contributed by atoms with Gasteiger partial charge in [0.05, 0.1) is 11.5 Å². The van der Waals surface area contributed by atoms with Crippen LogP contribution in [0.3, 0.4) is 0 Å². The van der Waals surface area contributed by atoms with E-state index in [2.05, 4.69) is 92.5 Å². The van der Waals surface area contributed by atoms with E-state index in [1.807, 2.05) is 0 Å². The molecule has 10 atom stereocenters. The van der Waals surface area contributed by atoms with Gasteiger partial charge in [-0.1, -0.05) is 58.9 Å². The van der Waals surface area contributed by atoms with E-state index in [9.17, 15) is 18.3 Å². The normalized spacial score (nSPS) is 41.5. The maximum Gasteiger partial charge on any atom is 0.322 e. The number of nitrogens with zero attached hydrogens (tertiary/aromatic N) is 3. The first-order chi connectivity index (χ1) is 27.4. The summed E-state index contributed by atoms with van der Waals surface area (Å²) < 4.78 is 29.6. The molecule has 2 N–H and O–H groups in total. The second kappa shape index (κ2) is 14.9. The summed E-state index contributed by atoms with van der Waals surface area (Å²) in [5, 5.41) is 14.6. The van der Waals surface area contributed by atoms with Crippen LogP contribution in [0.25, 0.3) is 0 Å². The lowest BCUT2D eigenvalue weighted by molar-refractivity contribution is -0.221. The maximum atomic E-state index is 12.6. The molecule has 10 heteroatoms. The minimum Gasteiger partial charge on any atom is -0.480 e. The van der Waals surface area contributed by atoms with Crippen LogP contribution in [-0.4, -0.2) is 77.6 Å². The molecular weight excluding hydrogens is 745 g/mol. The number of aliphatic carboxylic acids is 1. The van der Waals surface area contributed by atoms with Gasteiger partial charge in [-0.05, 0) is 152 Å². The first kappa shape index (κ1) is 41.7. The van der Waals surface area contributed by atoms with E-state index in [0.29, 0.717) is 67.8 Å². The van der Waals surface area contributed by atoms with Crippen molar-refractivity contribution in [3.05, 3.63) is 54.0 Å². The van der Waals surface area contributed by atoms with Gasteiger partial charge >= 0.3 is 5.97 Å². The molecule has 7 aliphatic rings. The molecule has 6 aliphatic carbocycles.